The second-order valence-electron chi connectivity index (χ2n) is 5.99. The van der Waals surface area contributed by atoms with E-state index >= 15 is 0 Å². The van der Waals surface area contributed by atoms with Crippen LogP contribution in [0.4, 0.5) is 0 Å². The Labute approximate surface area is 120 Å². The van der Waals surface area contributed by atoms with Crippen molar-refractivity contribution < 1.29 is 10.0 Å². The van der Waals surface area contributed by atoms with E-state index in [0.29, 0.717) is 18.8 Å². The van der Waals surface area contributed by atoms with E-state index in [1.807, 2.05) is 13.8 Å². The fourth-order valence-electron chi connectivity index (χ4n) is 3.58. The van der Waals surface area contributed by atoms with Crippen LogP contribution in [0.1, 0.15) is 39.5 Å². The molecule has 0 aromatic rings. The summed E-state index contributed by atoms with van der Waals surface area (Å²) in [5.74, 6) is 0.487. The number of amidine groups is 1. The van der Waals surface area contributed by atoms with Gasteiger partial charge in [-0.25, -0.2) is 0 Å². The van der Waals surface area contributed by atoms with Crippen molar-refractivity contribution in [2.75, 3.05) is 19.6 Å². The first-order valence-corrected chi connectivity index (χ1v) is 7.58. The maximum atomic E-state index is 12.7. The van der Waals surface area contributed by atoms with E-state index in [1.54, 1.807) is 0 Å². The Balaban J connectivity index is 2.09. The molecule has 0 saturated carbocycles. The number of nitrogens with zero attached hydrogens (tertiary/aromatic N) is 2. The maximum absolute atomic E-state index is 12.7. The van der Waals surface area contributed by atoms with Crippen LogP contribution in [-0.2, 0) is 4.79 Å². The Hall–Kier alpha value is -1.30. The molecule has 6 heteroatoms. The van der Waals surface area contributed by atoms with Gasteiger partial charge >= 0.3 is 0 Å². The third kappa shape index (κ3) is 2.49. The molecule has 3 heterocycles. The minimum Gasteiger partial charge on any atom is -0.409 e. The van der Waals surface area contributed by atoms with Gasteiger partial charge < -0.3 is 21.2 Å². The lowest BCUT2D eigenvalue weighted by molar-refractivity contribution is -0.130. The summed E-state index contributed by atoms with van der Waals surface area (Å²) in [6.45, 7) is 7.01. The van der Waals surface area contributed by atoms with Gasteiger partial charge in [-0.3, -0.25) is 4.79 Å². The fourth-order valence-corrected chi connectivity index (χ4v) is 3.58. The first-order valence-electron chi connectivity index (χ1n) is 7.58. The van der Waals surface area contributed by atoms with Crippen LogP contribution in [0.15, 0.2) is 5.16 Å². The van der Waals surface area contributed by atoms with Gasteiger partial charge in [0.25, 0.3) is 0 Å². The summed E-state index contributed by atoms with van der Waals surface area (Å²) in [7, 11) is 0. The number of hydrogen-bond acceptors (Lipinski definition) is 4. The molecule has 0 aromatic heterocycles. The number of hydrogen-bond donors (Lipinski definition) is 3. The molecule has 20 heavy (non-hydrogen) atoms. The first-order chi connectivity index (χ1) is 9.57. The highest BCUT2D eigenvalue weighted by molar-refractivity contribution is 6.06. The van der Waals surface area contributed by atoms with Crippen molar-refractivity contribution in [1.29, 1.82) is 0 Å². The number of rotatable bonds is 5. The number of piperidine rings is 3. The summed E-state index contributed by atoms with van der Waals surface area (Å²) >= 11 is 0. The highest BCUT2D eigenvalue weighted by atomic mass is 16.4. The summed E-state index contributed by atoms with van der Waals surface area (Å²) in [5, 5.41) is 15.2. The van der Waals surface area contributed by atoms with Crippen LogP contribution < -0.4 is 11.1 Å². The van der Waals surface area contributed by atoms with Crippen molar-refractivity contribution in [1.82, 2.24) is 10.2 Å². The number of oxime groups is 1. The van der Waals surface area contributed by atoms with E-state index in [2.05, 4.69) is 15.4 Å². The first kappa shape index (κ1) is 15.1. The molecule has 1 amide bonds. The fraction of sp³-hybridized carbons (Fsp3) is 0.857. The molecule has 3 aliphatic heterocycles. The molecule has 6 nitrogen and oxygen atoms in total. The largest absolute Gasteiger partial charge is 0.409 e. The van der Waals surface area contributed by atoms with Crippen molar-refractivity contribution >= 4 is 11.7 Å². The predicted molar refractivity (Wildman–Crippen MR) is 77.5 cm³/mol. The maximum Gasteiger partial charge on any atom is 0.234 e. The number of carbonyl (C=O) groups is 1. The van der Waals surface area contributed by atoms with Gasteiger partial charge in [-0.2, -0.15) is 0 Å². The number of fused-ring (bicyclic) bond motifs is 3. The number of amides is 1. The van der Waals surface area contributed by atoms with Gasteiger partial charge in [-0.15, -0.1) is 0 Å². The van der Waals surface area contributed by atoms with Gasteiger partial charge in [-0.05, 0) is 44.7 Å². The van der Waals surface area contributed by atoms with E-state index in [0.717, 1.165) is 32.5 Å². The highest BCUT2D eigenvalue weighted by Gasteiger charge is 2.43. The van der Waals surface area contributed by atoms with E-state index in [4.69, 9.17) is 10.9 Å². The molecular weight excluding hydrogens is 256 g/mol. The topological polar surface area (TPSA) is 91.0 Å². The zero-order valence-electron chi connectivity index (χ0n) is 12.4. The van der Waals surface area contributed by atoms with E-state index in [9.17, 15) is 4.79 Å². The minimum atomic E-state index is -0.888. The van der Waals surface area contributed by atoms with Crippen molar-refractivity contribution in [3.8, 4) is 0 Å². The lowest BCUT2D eigenvalue weighted by atomic mass is 9.78. The molecule has 3 fully saturated rings. The van der Waals surface area contributed by atoms with Crippen LogP contribution in [0.5, 0.6) is 0 Å². The summed E-state index contributed by atoms with van der Waals surface area (Å²) in [5.41, 5.74) is 4.90. The summed E-state index contributed by atoms with van der Waals surface area (Å²) in [6.07, 6.45) is 3.37. The predicted octanol–water partition coefficient (Wildman–Crippen LogP) is 0.750. The van der Waals surface area contributed by atoms with E-state index < -0.39 is 5.41 Å². The molecule has 3 saturated heterocycles. The Morgan fingerprint density at radius 1 is 1.40 bits per heavy atom. The zero-order chi connectivity index (χ0) is 14.8. The second-order valence-corrected chi connectivity index (χ2v) is 5.99. The summed E-state index contributed by atoms with van der Waals surface area (Å²) in [4.78, 5) is 15.1. The molecule has 3 aliphatic rings. The van der Waals surface area contributed by atoms with Gasteiger partial charge in [0.05, 0.1) is 0 Å². The molecule has 4 N–H and O–H groups in total. The van der Waals surface area contributed by atoms with Gasteiger partial charge in [0.2, 0.25) is 5.91 Å². The van der Waals surface area contributed by atoms with Gasteiger partial charge in [-0.1, -0.05) is 19.0 Å². The normalized spacial score (nSPS) is 30.3. The number of carbonyl (C=O) groups excluding carboxylic acids is 1. The molecule has 0 spiro atoms. The molecular formula is C14H26N4O2. The Kier molecular flexibility index (Phi) is 4.52. The molecule has 114 valence electrons. The standard InChI is InChI=1S/C14H26N4O2/c1-3-14(4-2,12(15)17-20)13(19)16-11-9-18-7-5-10(11)6-8-18/h10-11,20H,3-9H2,1-2H3,(H2,15,17)(H,16,19). The molecule has 1 atom stereocenters. The lowest BCUT2D eigenvalue weighted by Gasteiger charge is -2.46. The smallest absolute Gasteiger partial charge is 0.234 e. The molecule has 3 rings (SSSR count). The Morgan fingerprint density at radius 2 is 2.00 bits per heavy atom. The Morgan fingerprint density at radius 3 is 2.40 bits per heavy atom. The summed E-state index contributed by atoms with van der Waals surface area (Å²) < 4.78 is 0. The SMILES string of the molecule is CCC(CC)(C(=O)NC1CN2CCC1CC2)C(N)=NO. The van der Waals surface area contributed by atoms with Crippen molar-refractivity contribution in [2.24, 2.45) is 22.2 Å². The van der Waals surface area contributed by atoms with E-state index in [1.165, 1.54) is 0 Å². The van der Waals surface area contributed by atoms with Gasteiger partial charge in [0.15, 0.2) is 5.84 Å². The minimum absolute atomic E-state index is 0.0151. The molecule has 1 unspecified atom stereocenters. The van der Waals surface area contributed by atoms with Crippen LogP contribution in [-0.4, -0.2) is 47.5 Å². The van der Waals surface area contributed by atoms with E-state index in [-0.39, 0.29) is 17.8 Å². The van der Waals surface area contributed by atoms with Crippen LogP contribution in [0.2, 0.25) is 0 Å². The van der Waals surface area contributed by atoms with Gasteiger partial charge in [0, 0.05) is 12.6 Å². The highest BCUT2D eigenvalue weighted by Crippen LogP contribution is 2.31. The third-order valence-corrected chi connectivity index (χ3v) is 5.21. The quantitative estimate of drug-likeness (QED) is 0.300. The third-order valence-electron chi connectivity index (χ3n) is 5.21. The Bertz CT molecular complexity index is 385. The second kappa shape index (κ2) is 5.99. The number of nitrogens with two attached hydrogens (primary N) is 1. The van der Waals surface area contributed by atoms with Gasteiger partial charge in [0.1, 0.15) is 5.41 Å². The molecule has 0 aromatic carbocycles. The molecule has 0 radical (unpaired) electrons. The average molecular weight is 282 g/mol. The summed E-state index contributed by atoms with van der Waals surface area (Å²) in [6, 6.07) is 0.203. The van der Waals surface area contributed by atoms with Crippen LogP contribution >= 0.6 is 0 Å². The van der Waals surface area contributed by atoms with Crippen LogP contribution in [0.3, 0.4) is 0 Å². The lowest BCUT2D eigenvalue weighted by Crippen LogP contribution is -2.60. The van der Waals surface area contributed by atoms with Crippen molar-refractivity contribution in [3.63, 3.8) is 0 Å². The monoisotopic (exact) mass is 282 g/mol. The average Bonchev–Trinajstić information content (AvgIpc) is 2.50. The van der Waals surface area contributed by atoms with Crippen LogP contribution in [0, 0.1) is 11.3 Å². The molecule has 0 aliphatic carbocycles. The van der Waals surface area contributed by atoms with Crippen molar-refractivity contribution in [2.45, 2.75) is 45.6 Å². The zero-order valence-corrected chi connectivity index (χ0v) is 12.4. The van der Waals surface area contributed by atoms with Crippen LogP contribution in [0.25, 0.3) is 0 Å². The number of nitrogens with one attached hydrogen (secondary N) is 1. The van der Waals surface area contributed by atoms with Crippen molar-refractivity contribution in [3.05, 3.63) is 0 Å². The molecule has 2 bridgehead atoms.